The third kappa shape index (κ3) is 7.07. The fraction of sp³-hybridized carbons (Fsp3) is 0.476. The summed E-state index contributed by atoms with van der Waals surface area (Å²) in [6, 6.07) is 5.30. The number of anilines is 2. The topological polar surface area (TPSA) is 123 Å². The minimum Gasteiger partial charge on any atom is -0.383 e. The van der Waals surface area contributed by atoms with Crippen molar-refractivity contribution < 1.29 is 27.1 Å². The smallest absolute Gasteiger partial charge is 0.319 e. The number of hydrogen-bond donors (Lipinski definition) is 2. The highest BCUT2D eigenvalue weighted by molar-refractivity contribution is 7.89. The SMILES string of the molecule is COCCNC(=O)Nc1ccc(-c2nc(CS(C)(=O)=O)cc(N3CCOC[C@@H]3C)n2)cc1F. The van der Waals surface area contributed by atoms with Crippen LogP contribution in [0.15, 0.2) is 24.3 Å². The maximum absolute atomic E-state index is 14.7. The number of ether oxygens (including phenoxy) is 2. The van der Waals surface area contributed by atoms with Gasteiger partial charge < -0.3 is 25.0 Å². The van der Waals surface area contributed by atoms with E-state index < -0.39 is 21.7 Å². The quantitative estimate of drug-likeness (QED) is 0.548. The number of carbonyl (C=O) groups excluding carboxylic acids is 1. The maximum atomic E-state index is 14.7. The average molecular weight is 482 g/mol. The summed E-state index contributed by atoms with van der Waals surface area (Å²) in [7, 11) is -1.84. The molecule has 0 spiro atoms. The number of rotatable bonds is 8. The second kappa shape index (κ2) is 10.9. The molecule has 1 aliphatic rings. The van der Waals surface area contributed by atoms with Crippen molar-refractivity contribution in [3.63, 3.8) is 0 Å². The van der Waals surface area contributed by atoms with Crippen LogP contribution in [0.2, 0.25) is 0 Å². The minimum absolute atomic E-state index is 0.0111. The lowest BCUT2D eigenvalue weighted by Gasteiger charge is -2.34. The van der Waals surface area contributed by atoms with E-state index in [4.69, 9.17) is 9.47 Å². The van der Waals surface area contributed by atoms with Gasteiger partial charge in [0.25, 0.3) is 0 Å². The molecule has 33 heavy (non-hydrogen) atoms. The van der Waals surface area contributed by atoms with Gasteiger partial charge in [-0.2, -0.15) is 0 Å². The zero-order valence-electron chi connectivity index (χ0n) is 18.8. The lowest BCUT2D eigenvalue weighted by Crippen LogP contribution is -2.44. The third-order valence-corrected chi connectivity index (χ3v) is 5.73. The number of benzene rings is 1. The van der Waals surface area contributed by atoms with E-state index in [9.17, 15) is 17.6 Å². The largest absolute Gasteiger partial charge is 0.383 e. The lowest BCUT2D eigenvalue weighted by atomic mass is 10.1. The van der Waals surface area contributed by atoms with Gasteiger partial charge in [0.05, 0.1) is 43.0 Å². The normalized spacial score (nSPS) is 16.5. The van der Waals surface area contributed by atoms with E-state index in [1.807, 2.05) is 11.8 Å². The van der Waals surface area contributed by atoms with E-state index >= 15 is 0 Å². The van der Waals surface area contributed by atoms with Crippen molar-refractivity contribution in [1.82, 2.24) is 15.3 Å². The third-order valence-electron chi connectivity index (χ3n) is 4.90. The van der Waals surface area contributed by atoms with Crippen LogP contribution in [0.3, 0.4) is 0 Å². The van der Waals surface area contributed by atoms with Gasteiger partial charge in [-0.05, 0) is 25.1 Å². The van der Waals surface area contributed by atoms with E-state index in [2.05, 4.69) is 20.6 Å². The van der Waals surface area contributed by atoms with E-state index in [0.29, 0.717) is 43.4 Å². The number of morpholine rings is 1. The molecule has 180 valence electrons. The second-order valence-corrected chi connectivity index (χ2v) is 9.94. The first kappa shape index (κ1) is 24.8. The number of nitrogens with zero attached hydrogens (tertiary/aromatic N) is 3. The maximum Gasteiger partial charge on any atom is 0.319 e. The Morgan fingerprint density at radius 3 is 2.79 bits per heavy atom. The van der Waals surface area contributed by atoms with Crippen LogP contribution >= 0.6 is 0 Å². The highest BCUT2D eigenvalue weighted by Crippen LogP contribution is 2.26. The number of aromatic nitrogens is 2. The molecule has 2 amide bonds. The molecular weight excluding hydrogens is 453 g/mol. The predicted octanol–water partition coefficient (Wildman–Crippen LogP) is 1.82. The summed E-state index contributed by atoms with van der Waals surface area (Å²) in [4.78, 5) is 22.8. The number of hydrogen-bond acceptors (Lipinski definition) is 8. The van der Waals surface area contributed by atoms with Gasteiger partial charge in [0, 0.05) is 38.1 Å². The van der Waals surface area contributed by atoms with Gasteiger partial charge >= 0.3 is 6.03 Å². The Bertz CT molecular complexity index is 1100. The highest BCUT2D eigenvalue weighted by atomic mass is 32.2. The highest BCUT2D eigenvalue weighted by Gasteiger charge is 2.23. The molecule has 0 saturated carbocycles. The summed E-state index contributed by atoms with van der Waals surface area (Å²) in [6.45, 7) is 4.22. The monoisotopic (exact) mass is 481 g/mol. The van der Waals surface area contributed by atoms with Crippen molar-refractivity contribution in [2.24, 2.45) is 0 Å². The predicted molar refractivity (Wildman–Crippen MR) is 122 cm³/mol. The number of halogens is 1. The fourth-order valence-corrected chi connectivity index (χ4v) is 4.04. The van der Waals surface area contributed by atoms with Gasteiger partial charge in [0.15, 0.2) is 15.7 Å². The Morgan fingerprint density at radius 1 is 1.33 bits per heavy atom. The molecule has 1 fully saturated rings. The average Bonchev–Trinajstić information content (AvgIpc) is 2.74. The number of carbonyl (C=O) groups is 1. The number of amides is 2. The van der Waals surface area contributed by atoms with Crippen LogP contribution < -0.4 is 15.5 Å². The molecule has 1 aromatic carbocycles. The van der Waals surface area contributed by atoms with Crippen LogP contribution in [-0.2, 0) is 25.1 Å². The van der Waals surface area contributed by atoms with Gasteiger partial charge in [-0.15, -0.1) is 0 Å². The van der Waals surface area contributed by atoms with Crippen molar-refractivity contribution in [1.29, 1.82) is 0 Å². The first-order chi connectivity index (χ1) is 15.7. The van der Waals surface area contributed by atoms with Crippen LogP contribution in [0, 0.1) is 5.82 Å². The van der Waals surface area contributed by atoms with Gasteiger partial charge in [-0.1, -0.05) is 0 Å². The molecule has 0 unspecified atom stereocenters. The molecule has 2 N–H and O–H groups in total. The molecular formula is C21H28FN5O5S. The van der Waals surface area contributed by atoms with Gasteiger partial charge in [-0.25, -0.2) is 27.6 Å². The van der Waals surface area contributed by atoms with Crippen LogP contribution in [0.1, 0.15) is 12.6 Å². The number of methoxy groups -OCH3 is 1. The summed E-state index contributed by atoms with van der Waals surface area (Å²) in [5, 5.41) is 4.98. The summed E-state index contributed by atoms with van der Waals surface area (Å²) in [5.41, 5.74) is 0.662. The van der Waals surface area contributed by atoms with E-state index in [1.54, 1.807) is 12.1 Å². The van der Waals surface area contributed by atoms with Crippen molar-refractivity contribution >= 4 is 27.4 Å². The number of nitrogens with one attached hydrogen (secondary N) is 2. The minimum atomic E-state index is -3.35. The Morgan fingerprint density at radius 2 is 2.12 bits per heavy atom. The molecule has 0 aliphatic carbocycles. The van der Waals surface area contributed by atoms with Crippen molar-refractivity contribution in [2.75, 3.05) is 56.5 Å². The molecule has 2 aromatic rings. The van der Waals surface area contributed by atoms with Crippen molar-refractivity contribution in [2.45, 2.75) is 18.7 Å². The zero-order chi connectivity index (χ0) is 24.0. The first-order valence-electron chi connectivity index (χ1n) is 10.4. The molecule has 1 saturated heterocycles. The van der Waals surface area contributed by atoms with Gasteiger partial charge in [0.2, 0.25) is 0 Å². The van der Waals surface area contributed by atoms with Gasteiger partial charge in [0.1, 0.15) is 11.6 Å². The van der Waals surface area contributed by atoms with E-state index in [0.717, 1.165) is 6.26 Å². The second-order valence-electron chi connectivity index (χ2n) is 7.80. The molecule has 12 heteroatoms. The van der Waals surface area contributed by atoms with Crippen LogP contribution in [0.4, 0.5) is 20.7 Å². The van der Waals surface area contributed by atoms with E-state index in [-0.39, 0.29) is 29.9 Å². The summed E-state index contributed by atoms with van der Waals surface area (Å²) in [5.74, 6) is -0.194. The lowest BCUT2D eigenvalue weighted by molar-refractivity contribution is 0.0985. The Kier molecular flexibility index (Phi) is 8.16. The molecule has 10 nitrogen and oxygen atoms in total. The molecule has 2 heterocycles. The molecule has 3 rings (SSSR count). The fourth-order valence-electron chi connectivity index (χ4n) is 3.36. The van der Waals surface area contributed by atoms with Crippen LogP contribution in [-0.4, -0.2) is 76.7 Å². The summed E-state index contributed by atoms with van der Waals surface area (Å²) < 4.78 is 48.8. The Balaban J connectivity index is 1.90. The number of sulfone groups is 1. The van der Waals surface area contributed by atoms with Gasteiger partial charge in [-0.3, -0.25) is 0 Å². The summed E-state index contributed by atoms with van der Waals surface area (Å²) >= 11 is 0. The molecule has 1 aromatic heterocycles. The van der Waals surface area contributed by atoms with Crippen LogP contribution in [0.5, 0.6) is 0 Å². The molecule has 0 bridgehead atoms. The van der Waals surface area contributed by atoms with Crippen molar-refractivity contribution in [3.8, 4) is 11.4 Å². The van der Waals surface area contributed by atoms with Crippen molar-refractivity contribution in [3.05, 3.63) is 35.8 Å². The standard InChI is InChI=1S/C21H28FN5O5S/c1-14-12-32-9-7-27(14)19-11-16(13-33(3,29)30)24-20(26-19)15-4-5-18(17(22)10-15)25-21(28)23-6-8-31-2/h4-5,10-11,14H,6-9,12-13H2,1-3H3,(H2,23,25,28)/t14-/m0/s1. The molecule has 1 aliphatic heterocycles. The Labute approximate surface area is 192 Å². The molecule has 1 atom stereocenters. The number of urea groups is 1. The zero-order valence-corrected chi connectivity index (χ0v) is 19.6. The van der Waals surface area contributed by atoms with Crippen LogP contribution in [0.25, 0.3) is 11.4 Å². The Hall–Kier alpha value is -2.83. The first-order valence-corrected chi connectivity index (χ1v) is 12.5. The molecule has 0 radical (unpaired) electrons. The summed E-state index contributed by atoms with van der Waals surface area (Å²) in [6.07, 6.45) is 1.13. The van der Waals surface area contributed by atoms with E-state index in [1.165, 1.54) is 19.2 Å².